The van der Waals surface area contributed by atoms with Crippen LogP contribution in [0, 0.1) is 5.41 Å². The highest BCUT2D eigenvalue weighted by Gasteiger charge is 2.22. The van der Waals surface area contributed by atoms with Crippen molar-refractivity contribution in [2.45, 2.75) is 26.7 Å². The molecule has 0 aromatic heterocycles. The van der Waals surface area contributed by atoms with Gasteiger partial charge in [0.05, 0.1) is 13.5 Å². The fourth-order valence-corrected chi connectivity index (χ4v) is 1.67. The summed E-state index contributed by atoms with van der Waals surface area (Å²) < 4.78 is 4.68. The van der Waals surface area contributed by atoms with Crippen LogP contribution in [0.5, 0.6) is 0 Å². The molecule has 0 aliphatic rings. The monoisotopic (exact) mass is 223 g/mol. The normalized spacial score (nSPS) is 10.4. The van der Waals surface area contributed by atoms with Gasteiger partial charge in [0.25, 0.3) is 0 Å². The molecule has 1 rings (SSSR count). The van der Waals surface area contributed by atoms with Crippen molar-refractivity contribution in [2.75, 3.05) is 7.11 Å². The summed E-state index contributed by atoms with van der Waals surface area (Å²) in [5, 5.41) is 0. The fraction of sp³-hybridized carbons (Fsp3) is 0.462. The Kier molecular flexibility index (Phi) is 5.75. The van der Waals surface area contributed by atoms with Crippen molar-refractivity contribution in [3.05, 3.63) is 35.9 Å². The van der Waals surface area contributed by atoms with Gasteiger partial charge in [-0.15, -0.1) is 0 Å². The first-order valence-electron chi connectivity index (χ1n) is 5.14. The van der Waals surface area contributed by atoms with Crippen LogP contribution in [0.3, 0.4) is 0 Å². The molecule has 0 saturated carbocycles. The molecule has 0 aliphatic heterocycles. The Labute approximate surface area is 97.4 Å². The molecule has 1 aromatic carbocycles. The maximum Gasteiger partial charge on any atom is 0.306 e. The Morgan fingerprint density at radius 2 is 1.81 bits per heavy atom. The second-order valence-corrected chi connectivity index (χ2v) is 4.58. The molecule has 0 atom stereocenters. The zero-order chi connectivity index (χ0) is 11.3. The Balaban J connectivity index is 0.00000225. The zero-order valence-electron chi connectivity index (χ0n) is 10.3. The van der Waals surface area contributed by atoms with E-state index in [0.717, 1.165) is 6.42 Å². The Hall–Kier alpha value is -1.35. The zero-order valence-corrected chi connectivity index (χ0v) is 10.3. The van der Waals surface area contributed by atoms with Crippen LogP contribution in [-0.4, -0.2) is 13.1 Å². The lowest BCUT2D eigenvalue weighted by Gasteiger charge is -2.23. The van der Waals surface area contributed by atoms with Gasteiger partial charge < -0.3 is 10.9 Å². The van der Waals surface area contributed by atoms with Gasteiger partial charge in [0.2, 0.25) is 0 Å². The minimum atomic E-state index is -0.143. The third-order valence-corrected chi connectivity index (χ3v) is 2.38. The van der Waals surface area contributed by atoms with Crippen molar-refractivity contribution in [2.24, 2.45) is 5.41 Å². The smallest absolute Gasteiger partial charge is 0.306 e. The lowest BCUT2D eigenvalue weighted by molar-refractivity contribution is -0.142. The van der Waals surface area contributed by atoms with Crippen molar-refractivity contribution in [3.8, 4) is 0 Å². The standard InChI is InChI=1S/C13H18O2.H3N/c1-13(2,10-12(14)15-3)9-11-7-5-4-6-8-11;/h4-8H,9-10H2,1-3H3;1H3. The summed E-state index contributed by atoms with van der Waals surface area (Å²) in [6.45, 7) is 4.16. The van der Waals surface area contributed by atoms with E-state index in [1.807, 2.05) is 18.2 Å². The minimum absolute atomic E-state index is 0. The van der Waals surface area contributed by atoms with Gasteiger partial charge in [0.1, 0.15) is 0 Å². The average molecular weight is 223 g/mol. The van der Waals surface area contributed by atoms with Crippen LogP contribution < -0.4 is 6.15 Å². The molecule has 3 N–H and O–H groups in total. The SMILES string of the molecule is COC(=O)CC(C)(C)Cc1ccccc1.N. The second-order valence-electron chi connectivity index (χ2n) is 4.58. The average Bonchev–Trinajstić information content (AvgIpc) is 2.17. The lowest BCUT2D eigenvalue weighted by atomic mass is 9.83. The van der Waals surface area contributed by atoms with Crippen LogP contribution >= 0.6 is 0 Å². The highest BCUT2D eigenvalue weighted by atomic mass is 16.5. The van der Waals surface area contributed by atoms with E-state index in [2.05, 4.69) is 30.7 Å². The predicted molar refractivity (Wildman–Crippen MR) is 65.6 cm³/mol. The molecule has 1 aromatic rings. The summed E-state index contributed by atoms with van der Waals surface area (Å²) in [6, 6.07) is 10.2. The molecular formula is C13H21NO2. The van der Waals surface area contributed by atoms with E-state index in [1.165, 1.54) is 12.7 Å². The van der Waals surface area contributed by atoms with Crippen LogP contribution in [0.25, 0.3) is 0 Å². The number of esters is 1. The highest BCUT2D eigenvalue weighted by Crippen LogP contribution is 2.26. The minimum Gasteiger partial charge on any atom is -0.469 e. The summed E-state index contributed by atoms with van der Waals surface area (Å²) in [5.41, 5.74) is 1.21. The Bertz CT molecular complexity index is 320. The van der Waals surface area contributed by atoms with Crippen molar-refractivity contribution in [3.63, 3.8) is 0 Å². The summed E-state index contributed by atoms with van der Waals surface area (Å²) in [4.78, 5) is 11.2. The van der Waals surface area contributed by atoms with Gasteiger partial charge >= 0.3 is 5.97 Å². The topological polar surface area (TPSA) is 61.3 Å². The van der Waals surface area contributed by atoms with E-state index in [1.54, 1.807) is 0 Å². The van der Waals surface area contributed by atoms with E-state index < -0.39 is 0 Å². The van der Waals surface area contributed by atoms with E-state index >= 15 is 0 Å². The molecule has 0 aliphatic carbocycles. The second kappa shape index (κ2) is 6.28. The van der Waals surface area contributed by atoms with E-state index in [0.29, 0.717) is 6.42 Å². The first-order valence-corrected chi connectivity index (χ1v) is 5.14. The summed E-state index contributed by atoms with van der Waals surface area (Å²) in [6.07, 6.45) is 1.35. The molecule has 0 saturated heterocycles. The van der Waals surface area contributed by atoms with Crippen LogP contribution in [0.15, 0.2) is 30.3 Å². The number of rotatable bonds is 4. The first-order chi connectivity index (χ1) is 7.03. The van der Waals surface area contributed by atoms with Crippen LogP contribution in [-0.2, 0) is 16.0 Å². The molecule has 0 bridgehead atoms. The van der Waals surface area contributed by atoms with Gasteiger partial charge in [-0.1, -0.05) is 44.2 Å². The van der Waals surface area contributed by atoms with Crippen molar-refractivity contribution >= 4 is 5.97 Å². The number of hydrogen-bond donors (Lipinski definition) is 1. The third-order valence-electron chi connectivity index (χ3n) is 2.38. The molecular weight excluding hydrogens is 202 g/mol. The number of ether oxygens (including phenoxy) is 1. The molecule has 3 heteroatoms. The lowest BCUT2D eigenvalue weighted by Crippen LogP contribution is -2.20. The molecule has 0 unspecified atom stereocenters. The Morgan fingerprint density at radius 3 is 2.31 bits per heavy atom. The van der Waals surface area contributed by atoms with Crippen LogP contribution in [0.2, 0.25) is 0 Å². The third kappa shape index (κ3) is 4.94. The number of carbonyl (C=O) groups excluding carboxylic acids is 1. The van der Waals surface area contributed by atoms with Gasteiger partial charge in [-0.05, 0) is 17.4 Å². The molecule has 16 heavy (non-hydrogen) atoms. The number of methoxy groups -OCH3 is 1. The maximum atomic E-state index is 11.2. The van der Waals surface area contributed by atoms with E-state index in [9.17, 15) is 4.79 Å². The quantitative estimate of drug-likeness (QED) is 0.798. The molecule has 0 heterocycles. The highest BCUT2D eigenvalue weighted by molar-refractivity contribution is 5.70. The van der Waals surface area contributed by atoms with Crippen molar-refractivity contribution < 1.29 is 9.53 Å². The number of benzene rings is 1. The van der Waals surface area contributed by atoms with Gasteiger partial charge in [-0.25, -0.2) is 0 Å². The van der Waals surface area contributed by atoms with Gasteiger partial charge in [-0.2, -0.15) is 0 Å². The molecule has 0 radical (unpaired) electrons. The van der Waals surface area contributed by atoms with Crippen LogP contribution in [0.1, 0.15) is 25.8 Å². The Morgan fingerprint density at radius 1 is 1.25 bits per heavy atom. The largest absolute Gasteiger partial charge is 0.469 e. The summed E-state index contributed by atoms with van der Waals surface area (Å²) in [5.74, 6) is -0.143. The molecule has 0 spiro atoms. The summed E-state index contributed by atoms with van der Waals surface area (Å²) >= 11 is 0. The number of carbonyl (C=O) groups is 1. The summed E-state index contributed by atoms with van der Waals surface area (Å²) in [7, 11) is 1.43. The predicted octanol–water partition coefficient (Wildman–Crippen LogP) is 2.98. The molecule has 0 amide bonds. The van der Waals surface area contributed by atoms with Gasteiger partial charge in [0, 0.05) is 0 Å². The number of hydrogen-bond acceptors (Lipinski definition) is 3. The molecule has 0 fully saturated rings. The van der Waals surface area contributed by atoms with E-state index in [4.69, 9.17) is 0 Å². The fourth-order valence-electron chi connectivity index (χ4n) is 1.67. The van der Waals surface area contributed by atoms with Crippen molar-refractivity contribution in [1.29, 1.82) is 0 Å². The van der Waals surface area contributed by atoms with Crippen molar-refractivity contribution in [1.82, 2.24) is 6.15 Å². The van der Waals surface area contributed by atoms with Gasteiger partial charge in [-0.3, -0.25) is 4.79 Å². The molecule has 3 nitrogen and oxygen atoms in total. The van der Waals surface area contributed by atoms with E-state index in [-0.39, 0.29) is 17.5 Å². The van der Waals surface area contributed by atoms with Gasteiger partial charge in [0.15, 0.2) is 0 Å². The first kappa shape index (κ1) is 14.6. The maximum absolute atomic E-state index is 11.2. The van der Waals surface area contributed by atoms with Crippen LogP contribution in [0.4, 0.5) is 0 Å². The molecule has 90 valence electrons.